The van der Waals surface area contributed by atoms with Gasteiger partial charge in [0.25, 0.3) is 0 Å². The molecule has 6 heteroatoms. The average Bonchev–Trinajstić information content (AvgIpc) is 2.95. The number of aromatic nitrogens is 2. The molecule has 1 aliphatic carbocycles. The Labute approximate surface area is 158 Å². The summed E-state index contributed by atoms with van der Waals surface area (Å²) in [7, 11) is 0. The fourth-order valence-corrected chi connectivity index (χ4v) is 4.91. The van der Waals surface area contributed by atoms with Crippen LogP contribution in [0.3, 0.4) is 0 Å². The van der Waals surface area contributed by atoms with Crippen molar-refractivity contribution in [2.45, 2.75) is 45.0 Å². The van der Waals surface area contributed by atoms with Gasteiger partial charge in [-0.05, 0) is 43.2 Å². The Morgan fingerprint density at radius 2 is 1.74 bits per heavy atom. The van der Waals surface area contributed by atoms with E-state index in [-0.39, 0.29) is 0 Å². The molecule has 3 aliphatic rings. The van der Waals surface area contributed by atoms with Gasteiger partial charge in [-0.25, -0.2) is 9.97 Å². The third-order valence-corrected chi connectivity index (χ3v) is 6.30. The molecular formula is C21H25N3O3. The smallest absolute Gasteiger partial charge is 0.136 e. The molecule has 142 valence electrons. The lowest BCUT2D eigenvalue weighted by Crippen LogP contribution is -2.38. The zero-order valence-electron chi connectivity index (χ0n) is 15.5. The van der Waals surface area contributed by atoms with Crippen molar-refractivity contribution < 1.29 is 14.9 Å². The van der Waals surface area contributed by atoms with Crippen LogP contribution in [0.1, 0.15) is 35.5 Å². The molecule has 2 fully saturated rings. The van der Waals surface area contributed by atoms with Gasteiger partial charge in [0.2, 0.25) is 0 Å². The number of para-hydroxylation sites is 1. The lowest BCUT2D eigenvalue weighted by molar-refractivity contribution is -0.0372. The van der Waals surface area contributed by atoms with Crippen LogP contribution < -0.4 is 9.64 Å². The van der Waals surface area contributed by atoms with Crippen LogP contribution in [-0.2, 0) is 13.0 Å². The average molecular weight is 367 g/mol. The van der Waals surface area contributed by atoms with Crippen molar-refractivity contribution in [1.82, 2.24) is 9.97 Å². The summed E-state index contributed by atoms with van der Waals surface area (Å²) in [5.41, 5.74) is 3.27. The highest BCUT2D eigenvalue weighted by molar-refractivity contribution is 5.54. The second kappa shape index (κ2) is 6.46. The monoisotopic (exact) mass is 367 g/mol. The summed E-state index contributed by atoms with van der Waals surface area (Å²) in [6.07, 6.45) is 0.894. The second-order valence-corrected chi connectivity index (χ2v) is 8.12. The summed E-state index contributed by atoms with van der Waals surface area (Å²) < 4.78 is 6.00. The second-order valence-electron chi connectivity index (χ2n) is 8.12. The number of ether oxygens (including phenoxy) is 1. The van der Waals surface area contributed by atoms with Gasteiger partial charge in [-0.1, -0.05) is 18.2 Å². The summed E-state index contributed by atoms with van der Waals surface area (Å²) in [6, 6.07) is 8.14. The van der Waals surface area contributed by atoms with Crippen molar-refractivity contribution in [1.29, 1.82) is 0 Å². The number of anilines is 1. The topological polar surface area (TPSA) is 78.7 Å². The number of benzene rings is 1. The quantitative estimate of drug-likeness (QED) is 0.801. The highest BCUT2D eigenvalue weighted by Crippen LogP contribution is 2.40. The zero-order chi connectivity index (χ0) is 18.5. The number of nitrogens with zero attached hydrogens (tertiary/aromatic N) is 3. The molecule has 0 spiro atoms. The minimum Gasteiger partial charge on any atom is -0.487 e. The minimum atomic E-state index is -0.601. The van der Waals surface area contributed by atoms with Gasteiger partial charge >= 0.3 is 0 Å². The molecule has 27 heavy (non-hydrogen) atoms. The Morgan fingerprint density at radius 1 is 1.04 bits per heavy atom. The molecule has 2 N–H and O–H groups in total. The number of rotatable bonds is 1. The molecule has 1 aromatic carbocycles. The third kappa shape index (κ3) is 2.97. The summed E-state index contributed by atoms with van der Waals surface area (Å²) in [6.45, 7) is 4.14. The van der Waals surface area contributed by atoms with Crippen molar-refractivity contribution in [3.05, 3.63) is 46.9 Å². The van der Waals surface area contributed by atoms with Crippen LogP contribution in [0.4, 0.5) is 5.82 Å². The summed E-state index contributed by atoms with van der Waals surface area (Å²) >= 11 is 0. The number of aliphatic hydroxyl groups is 2. The number of hydrogen-bond acceptors (Lipinski definition) is 6. The van der Waals surface area contributed by atoms with Gasteiger partial charge in [-0.15, -0.1) is 0 Å². The molecule has 0 amide bonds. The standard InChI is InChI=1S/C21H25N3O3/c1-12-22-17-11-27-20-5-3-2-4-13(20)6-16(17)21(23-12)24-9-14-7-18(25)19(26)8-15(14)10-24/h2-5,14-15,18-19,25-26H,6-11H2,1H3. The van der Waals surface area contributed by atoms with Gasteiger partial charge in [0.15, 0.2) is 0 Å². The van der Waals surface area contributed by atoms with Crippen LogP contribution in [0.25, 0.3) is 0 Å². The van der Waals surface area contributed by atoms with Gasteiger partial charge in [0, 0.05) is 25.1 Å². The predicted octanol–water partition coefficient (Wildman–Crippen LogP) is 1.84. The molecule has 6 nitrogen and oxygen atoms in total. The molecule has 3 heterocycles. The minimum absolute atomic E-state index is 0.406. The normalized spacial score (nSPS) is 29.4. The maximum Gasteiger partial charge on any atom is 0.136 e. The molecule has 5 rings (SSSR count). The molecule has 1 aromatic heterocycles. The van der Waals surface area contributed by atoms with Crippen LogP contribution in [0.2, 0.25) is 0 Å². The maximum absolute atomic E-state index is 10.1. The van der Waals surface area contributed by atoms with E-state index in [1.807, 2.05) is 25.1 Å². The third-order valence-electron chi connectivity index (χ3n) is 6.30. The molecule has 2 aromatic rings. The number of aryl methyl sites for hydroxylation is 1. The molecule has 1 saturated heterocycles. The van der Waals surface area contributed by atoms with E-state index in [1.165, 1.54) is 0 Å². The highest BCUT2D eigenvalue weighted by Gasteiger charge is 2.42. The summed E-state index contributed by atoms with van der Waals surface area (Å²) in [5, 5.41) is 20.1. The van der Waals surface area contributed by atoms with Crippen molar-refractivity contribution in [3.63, 3.8) is 0 Å². The largest absolute Gasteiger partial charge is 0.487 e. The van der Waals surface area contributed by atoms with Crippen molar-refractivity contribution in [3.8, 4) is 5.75 Å². The van der Waals surface area contributed by atoms with E-state index in [9.17, 15) is 10.2 Å². The molecule has 0 radical (unpaired) electrons. The van der Waals surface area contributed by atoms with E-state index < -0.39 is 12.2 Å². The predicted molar refractivity (Wildman–Crippen MR) is 101 cm³/mol. The molecule has 0 bridgehead atoms. The molecular weight excluding hydrogens is 342 g/mol. The van der Waals surface area contributed by atoms with Gasteiger partial charge in [0.1, 0.15) is 24.0 Å². The van der Waals surface area contributed by atoms with Crippen LogP contribution >= 0.6 is 0 Å². The molecule has 4 atom stereocenters. The van der Waals surface area contributed by atoms with E-state index >= 15 is 0 Å². The molecule has 2 aliphatic heterocycles. The first-order valence-electron chi connectivity index (χ1n) is 9.76. The maximum atomic E-state index is 10.1. The lowest BCUT2D eigenvalue weighted by Gasteiger charge is -2.31. The number of aliphatic hydroxyl groups excluding tert-OH is 2. The lowest BCUT2D eigenvalue weighted by atomic mass is 9.79. The van der Waals surface area contributed by atoms with Gasteiger partial charge < -0.3 is 19.8 Å². The van der Waals surface area contributed by atoms with Crippen molar-refractivity contribution >= 4 is 5.82 Å². The summed E-state index contributed by atoms with van der Waals surface area (Å²) in [5.74, 6) is 3.48. The van der Waals surface area contributed by atoms with Gasteiger partial charge in [-0.2, -0.15) is 0 Å². The van der Waals surface area contributed by atoms with E-state index in [0.29, 0.717) is 31.3 Å². The van der Waals surface area contributed by atoms with E-state index in [4.69, 9.17) is 9.72 Å². The summed E-state index contributed by atoms with van der Waals surface area (Å²) in [4.78, 5) is 11.8. The van der Waals surface area contributed by atoms with Crippen LogP contribution in [0.15, 0.2) is 24.3 Å². The molecule has 4 unspecified atom stereocenters. The SMILES string of the molecule is Cc1nc2c(c(N3CC4CC(O)C(O)CC4C3)n1)Cc1ccccc1OC2. The Bertz CT molecular complexity index is 854. The van der Waals surface area contributed by atoms with Crippen LogP contribution in [0, 0.1) is 18.8 Å². The van der Waals surface area contributed by atoms with Gasteiger partial charge in [-0.3, -0.25) is 0 Å². The Morgan fingerprint density at radius 3 is 2.48 bits per heavy atom. The first-order chi connectivity index (χ1) is 13.1. The first kappa shape index (κ1) is 17.0. The van der Waals surface area contributed by atoms with E-state index in [1.54, 1.807) is 0 Å². The van der Waals surface area contributed by atoms with Crippen LogP contribution in [0.5, 0.6) is 5.75 Å². The zero-order valence-corrected chi connectivity index (χ0v) is 15.5. The van der Waals surface area contributed by atoms with Crippen molar-refractivity contribution in [2.24, 2.45) is 11.8 Å². The van der Waals surface area contributed by atoms with E-state index in [0.717, 1.165) is 53.7 Å². The number of fused-ring (bicyclic) bond motifs is 3. The number of hydrogen-bond donors (Lipinski definition) is 2. The van der Waals surface area contributed by atoms with Crippen LogP contribution in [-0.4, -0.2) is 45.5 Å². The Balaban J connectivity index is 1.50. The fourth-order valence-electron chi connectivity index (χ4n) is 4.91. The first-order valence-corrected chi connectivity index (χ1v) is 9.76. The molecule has 1 saturated carbocycles. The highest BCUT2D eigenvalue weighted by atomic mass is 16.5. The van der Waals surface area contributed by atoms with Gasteiger partial charge in [0.05, 0.1) is 17.9 Å². The van der Waals surface area contributed by atoms with Crippen molar-refractivity contribution in [2.75, 3.05) is 18.0 Å². The fraction of sp³-hybridized carbons (Fsp3) is 0.524. The Hall–Kier alpha value is -2.18. The van der Waals surface area contributed by atoms with E-state index in [2.05, 4.69) is 16.0 Å². The Kier molecular flexibility index (Phi) is 4.06.